The van der Waals surface area contributed by atoms with E-state index in [1.807, 2.05) is 25.3 Å². The summed E-state index contributed by atoms with van der Waals surface area (Å²) in [6.07, 6.45) is 2.22. The van der Waals surface area contributed by atoms with Gasteiger partial charge in [-0.1, -0.05) is 6.07 Å². The average Bonchev–Trinajstić information content (AvgIpc) is 2.38. The first-order valence-corrected chi connectivity index (χ1v) is 7.64. The zero-order chi connectivity index (χ0) is 14.4. The average molecular weight is 299 g/mol. The summed E-state index contributed by atoms with van der Waals surface area (Å²) < 4.78 is 0. The molecule has 1 aromatic carbocycles. The van der Waals surface area contributed by atoms with E-state index in [2.05, 4.69) is 17.9 Å². The number of hydrogen-bond acceptors (Lipinski definition) is 4. The number of carbonyl (C=O) groups is 2. The molecule has 0 radical (unpaired) electrons. The molecule has 1 rings (SSSR count). The van der Waals surface area contributed by atoms with Gasteiger partial charge >= 0.3 is 5.97 Å². The highest BCUT2D eigenvalue weighted by Gasteiger charge is 2.20. The number of carboxylic acid groups (broad SMARTS) is 1. The lowest BCUT2D eigenvalue weighted by atomic mass is 10.1. The first kappa shape index (κ1) is 15.9. The Morgan fingerprint density at radius 2 is 2.16 bits per heavy atom. The second-order valence-electron chi connectivity index (χ2n) is 4.06. The van der Waals surface area contributed by atoms with Crippen LogP contribution in [0.3, 0.4) is 0 Å². The molecule has 0 aliphatic carbocycles. The van der Waals surface area contributed by atoms with Crippen LogP contribution < -0.4 is 5.32 Å². The lowest BCUT2D eigenvalue weighted by Crippen LogP contribution is -2.41. The van der Waals surface area contributed by atoms with Crippen LogP contribution in [0.4, 0.5) is 0 Å². The Kier molecular flexibility index (Phi) is 6.24. The minimum absolute atomic E-state index is 0.297. The van der Waals surface area contributed by atoms with Gasteiger partial charge in [0.2, 0.25) is 0 Å². The third-order valence-corrected chi connectivity index (χ3v) is 3.69. The van der Waals surface area contributed by atoms with E-state index < -0.39 is 12.0 Å². The summed E-state index contributed by atoms with van der Waals surface area (Å²) in [5, 5.41) is 11.5. The number of carboxylic acids is 1. The fraction of sp³-hybridized carbons (Fsp3) is 0.385. The number of carbonyl (C=O) groups excluding carboxylic acids is 1. The van der Waals surface area contributed by atoms with Gasteiger partial charge in [0.1, 0.15) is 6.04 Å². The summed E-state index contributed by atoms with van der Waals surface area (Å²) in [4.78, 5) is 24.1. The summed E-state index contributed by atoms with van der Waals surface area (Å²) in [6.45, 7) is 1.83. The number of benzene rings is 1. The van der Waals surface area contributed by atoms with Crippen molar-refractivity contribution in [2.24, 2.45) is 0 Å². The first-order chi connectivity index (χ1) is 8.99. The van der Waals surface area contributed by atoms with Crippen LogP contribution in [-0.2, 0) is 4.79 Å². The Labute approximate surface area is 122 Å². The molecule has 104 valence electrons. The molecule has 0 heterocycles. The number of nitrogens with one attached hydrogen (secondary N) is 1. The number of aliphatic carboxylic acids is 1. The largest absolute Gasteiger partial charge is 0.480 e. The van der Waals surface area contributed by atoms with Crippen LogP contribution in [0, 0.1) is 6.92 Å². The maximum atomic E-state index is 12.1. The minimum Gasteiger partial charge on any atom is -0.480 e. The van der Waals surface area contributed by atoms with Crippen molar-refractivity contribution in [3.63, 3.8) is 0 Å². The van der Waals surface area contributed by atoms with Gasteiger partial charge < -0.3 is 10.4 Å². The summed E-state index contributed by atoms with van der Waals surface area (Å²) >= 11 is 5.53. The van der Waals surface area contributed by atoms with Gasteiger partial charge in [-0.15, -0.1) is 11.8 Å². The highest BCUT2D eigenvalue weighted by molar-refractivity contribution is 7.98. The summed E-state index contributed by atoms with van der Waals surface area (Å²) in [5.41, 5.74) is 1.34. The smallest absolute Gasteiger partial charge is 0.326 e. The molecule has 0 aliphatic rings. The number of aryl methyl sites for hydroxylation is 1. The normalized spacial score (nSPS) is 11.9. The van der Waals surface area contributed by atoms with Crippen LogP contribution in [0.1, 0.15) is 22.3 Å². The Morgan fingerprint density at radius 3 is 2.68 bits per heavy atom. The van der Waals surface area contributed by atoms with Crippen LogP contribution in [0.15, 0.2) is 23.1 Å². The molecule has 1 unspecified atom stereocenters. The standard InChI is InChI=1S/C13H17NO3S2/c1-8-3-4-9(19-2)7-10(8)12(15)14-11(5-6-18)13(16)17/h3-4,7,11,18H,5-6H2,1-2H3,(H,14,15)(H,16,17). The number of thioether (sulfide) groups is 1. The van der Waals surface area contributed by atoms with Crippen molar-refractivity contribution >= 4 is 36.3 Å². The lowest BCUT2D eigenvalue weighted by molar-refractivity contribution is -0.139. The fourth-order valence-electron chi connectivity index (χ4n) is 1.60. The van der Waals surface area contributed by atoms with Crippen molar-refractivity contribution in [1.29, 1.82) is 0 Å². The third-order valence-electron chi connectivity index (χ3n) is 2.71. The van der Waals surface area contributed by atoms with E-state index in [0.29, 0.717) is 17.7 Å². The maximum absolute atomic E-state index is 12.1. The fourth-order valence-corrected chi connectivity index (χ4v) is 2.29. The molecule has 0 bridgehead atoms. The van der Waals surface area contributed by atoms with Gasteiger partial charge in [-0.2, -0.15) is 12.6 Å². The molecule has 2 N–H and O–H groups in total. The van der Waals surface area contributed by atoms with Crippen molar-refractivity contribution in [2.45, 2.75) is 24.3 Å². The molecule has 1 atom stereocenters. The zero-order valence-electron chi connectivity index (χ0n) is 10.8. The first-order valence-electron chi connectivity index (χ1n) is 5.78. The molecular formula is C13H17NO3S2. The molecule has 1 aromatic rings. The van der Waals surface area contributed by atoms with E-state index in [-0.39, 0.29) is 5.91 Å². The SMILES string of the molecule is CSc1ccc(C)c(C(=O)NC(CCS)C(=O)O)c1. The molecule has 1 amide bonds. The Hall–Kier alpha value is -1.14. The van der Waals surface area contributed by atoms with E-state index in [9.17, 15) is 9.59 Å². The van der Waals surface area contributed by atoms with E-state index in [1.54, 1.807) is 6.07 Å². The highest BCUT2D eigenvalue weighted by atomic mass is 32.2. The number of amides is 1. The van der Waals surface area contributed by atoms with Gasteiger partial charge in [0.05, 0.1) is 0 Å². The van der Waals surface area contributed by atoms with Crippen LogP contribution in [0.2, 0.25) is 0 Å². The molecule has 0 spiro atoms. The Morgan fingerprint density at radius 1 is 1.47 bits per heavy atom. The van der Waals surface area contributed by atoms with E-state index in [1.165, 1.54) is 11.8 Å². The molecule has 0 aromatic heterocycles. The highest BCUT2D eigenvalue weighted by Crippen LogP contribution is 2.19. The van der Waals surface area contributed by atoms with Gasteiger partial charge in [0.15, 0.2) is 0 Å². The van der Waals surface area contributed by atoms with Crippen molar-refractivity contribution in [3.8, 4) is 0 Å². The van der Waals surface area contributed by atoms with Gasteiger partial charge in [-0.3, -0.25) is 4.79 Å². The van der Waals surface area contributed by atoms with Crippen LogP contribution in [0.25, 0.3) is 0 Å². The molecule has 0 saturated carbocycles. The Balaban J connectivity index is 2.90. The Bertz CT molecular complexity index is 477. The third kappa shape index (κ3) is 4.47. The molecule has 19 heavy (non-hydrogen) atoms. The predicted octanol–water partition coefficient (Wildman–Crippen LogP) is 2.22. The number of hydrogen-bond donors (Lipinski definition) is 3. The topological polar surface area (TPSA) is 66.4 Å². The number of rotatable bonds is 6. The molecular weight excluding hydrogens is 282 g/mol. The predicted molar refractivity (Wildman–Crippen MR) is 80.3 cm³/mol. The summed E-state index contributed by atoms with van der Waals surface area (Å²) in [5.74, 6) is -0.996. The second-order valence-corrected chi connectivity index (χ2v) is 5.38. The van der Waals surface area contributed by atoms with Crippen molar-refractivity contribution in [2.75, 3.05) is 12.0 Å². The number of thiol groups is 1. The maximum Gasteiger partial charge on any atom is 0.326 e. The molecule has 0 saturated heterocycles. The zero-order valence-corrected chi connectivity index (χ0v) is 12.6. The van der Waals surface area contributed by atoms with E-state index >= 15 is 0 Å². The molecule has 4 nitrogen and oxygen atoms in total. The summed E-state index contributed by atoms with van der Waals surface area (Å²) in [6, 6.07) is 4.66. The monoisotopic (exact) mass is 299 g/mol. The van der Waals surface area contributed by atoms with Crippen molar-refractivity contribution < 1.29 is 14.7 Å². The van der Waals surface area contributed by atoms with Gasteiger partial charge in [-0.25, -0.2) is 4.79 Å². The van der Waals surface area contributed by atoms with Gasteiger partial charge in [-0.05, 0) is 43.0 Å². The lowest BCUT2D eigenvalue weighted by Gasteiger charge is -2.14. The van der Waals surface area contributed by atoms with Crippen molar-refractivity contribution in [3.05, 3.63) is 29.3 Å². The van der Waals surface area contributed by atoms with Gasteiger partial charge in [0.25, 0.3) is 5.91 Å². The molecule has 0 aliphatic heterocycles. The summed E-state index contributed by atoms with van der Waals surface area (Å²) in [7, 11) is 0. The minimum atomic E-state index is -1.04. The molecule has 0 fully saturated rings. The van der Waals surface area contributed by atoms with Crippen LogP contribution >= 0.6 is 24.4 Å². The van der Waals surface area contributed by atoms with E-state index in [0.717, 1.165) is 10.5 Å². The van der Waals surface area contributed by atoms with Crippen molar-refractivity contribution in [1.82, 2.24) is 5.32 Å². The molecule has 6 heteroatoms. The van der Waals surface area contributed by atoms with Crippen LogP contribution in [-0.4, -0.2) is 35.0 Å². The van der Waals surface area contributed by atoms with Crippen LogP contribution in [0.5, 0.6) is 0 Å². The van der Waals surface area contributed by atoms with Gasteiger partial charge in [0, 0.05) is 10.5 Å². The quantitative estimate of drug-likeness (QED) is 0.556. The second kappa shape index (κ2) is 7.45. The van der Waals surface area contributed by atoms with E-state index in [4.69, 9.17) is 5.11 Å².